The van der Waals surface area contributed by atoms with Gasteiger partial charge in [-0.1, -0.05) is 42.5 Å². The molecule has 24 heavy (non-hydrogen) atoms. The molecule has 0 unspecified atom stereocenters. The van der Waals surface area contributed by atoms with E-state index in [1.54, 1.807) is 13.3 Å². The molecule has 3 rings (SSSR count). The highest BCUT2D eigenvalue weighted by Gasteiger charge is 2.03. The molecule has 0 aliphatic rings. The van der Waals surface area contributed by atoms with Gasteiger partial charge in [-0.3, -0.25) is 0 Å². The largest absolute Gasteiger partial charge is 0.493 e. The summed E-state index contributed by atoms with van der Waals surface area (Å²) in [6.45, 7) is 1.08. The normalized spacial score (nSPS) is 10.2. The highest BCUT2D eigenvalue weighted by molar-refractivity contribution is 5.59. The van der Waals surface area contributed by atoms with E-state index in [1.807, 2.05) is 60.7 Å². The van der Waals surface area contributed by atoms with Crippen LogP contribution < -0.4 is 14.8 Å². The van der Waals surface area contributed by atoms with Crippen LogP contribution in [-0.4, -0.2) is 30.2 Å². The van der Waals surface area contributed by atoms with E-state index in [1.165, 1.54) is 0 Å². The van der Waals surface area contributed by atoms with Crippen molar-refractivity contribution in [2.75, 3.05) is 25.6 Å². The lowest BCUT2D eigenvalue weighted by Crippen LogP contribution is -2.13. The molecule has 0 spiro atoms. The lowest BCUT2D eigenvalue weighted by atomic mass is 10.1. The van der Waals surface area contributed by atoms with E-state index in [4.69, 9.17) is 9.47 Å². The maximum atomic E-state index is 5.72. The first kappa shape index (κ1) is 15.8. The van der Waals surface area contributed by atoms with Gasteiger partial charge in [-0.05, 0) is 18.2 Å². The van der Waals surface area contributed by atoms with E-state index < -0.39 is 0 Å². The Hall–Kier alpha value is -3.08. The molecule has 0 saturated heterocycles. The third kappa shape index (κ3) is 4.01. The van der Waals surface area contributed by atoms with Gasteiger partial charge in [-0.25, -0.2) is 9.97 Å². The van der Waals surface area contributed by atoms with E-state index in [9.17, 15) is 0 Å². The van der Waals surface area contributed by atoms with Crippen molar-refractivity contribution in [2.24, 2.45) is 0 Å². The molecule has 0 saturated carbocycles. The Balaban J connectivity index is 1.56. The Kier molecular flexibility index (Phi) is 5.24. The second-order valence-electron chi connectivity index (χ2n) is 5.06. The summed E-state index contributed by atoms with van der Waals surface area (Å²) in [5.41, 5.74) is 1.95. The Labute approximate surface area is 141 Å². The zero-order chi connectivity index (χ0) is 16.6. The molecule has 0 fully saturated rings. The standard InChI is InChI=1S/C19H19N3O2/c1-23-17-9-5-6-10-18(17)24-14-13-21-19-20-12-11-16(22-19)15-7-3-2-4-8-15/h2-12H,13-14H2,1H3,(H,20,21,22). The minimum atomic E-state index is 0.485. The van der Waals surface area contributed by atoms with Crippen molar-refractivity contribution in [2.45, 2.75) is 0 Å². The van der Waals surface area contributed by atoms with Gasteiger partial charge in [-0.15, -0.1) is 0 Å². The molecule has 5 nitrogen and oxygen atoms in total. The molecular formula is C19H19N3O2. The lowest BCUT2D eigenvalue weighted by molar-refractivity contribution is 0.305. The van der Waals surface area contributed by atoms with Crippen LogP contribution >= 0.6 is 0 Å². The van der Waals surface area contributed by atoms with Crippen LogP contribution in [0.5, 0.6) is 11.5 Å². The Morgan fingerprint density at radius 1 is 0.917 bits per heavy atom. The SMILES string of the molecule is COc1ccccc1OCCNc1nccc(-c2ccccc2)n1. The fourth-order valence-electron chi connectivity index (χ4n) is 2.28. The van der Waals surface area contributed by atoms with E-state index in [2.05, 4.69) is 15.3 Å². The van der Waals surface area contributed by atoms with Crippen molar-refractivity contribution in [1.82, 2.24) is 9.97 Å². The fourth-order valence-corrected chi connectivity index (χ4v) is 2.28. The van der Waals surface area contributed by atoms with Crippen LogP contribution in [-0.2, 0) is 0 Å². The van der Waals surface area contributed by atoms with Gasteiger partial charge in [0.15, 0.2) is 11.5 Å². The van der Waals surface area contributed by atoms with Crippen molar-refractivity contribution >= 4 is 5.95 Å². The predicted octanol–water partition coefficient (Wildman–Crippen LogP) is 3.64. The first-order valence-corrected chi connectivity index (χ1v) is 7.75. The number of para-hydroxylation sites is 2. The third-order valence-electron chi connectivity index (χ3n) is 3.44. The number of methoxy groups -OCH3 is 1. The number of aromatic nitrogens is 2. The zero-order valence-corrected chi connectivity index (χ0v) is 13.5. The topological polar surface area (TPSA) is 56.3 Å². The molecule has 0 aliphatic heterocycles. The van der Waals surface area contributed by atoms with Crippen molar-refractivity contribution in [1.29, 1.82) is 0 Å². The van der Waals surface area contributed by atoms with Crippen molar-refractivity contribution in [3.05, 3.63) is 66.9 Å². The molecule has 1 N–H and O–H groups in total. The monoisotopic (exact) mass is 321 g/mol. The number of hydrogen-bond acceptors (Lipinski definition) is 5. The number of rotatable bonds is 7. The number of anilines is 1. The number of nitrogens with zero attached hydrogens (tertiary/aromatic N) is 2. The summed E-state index contributed by atoms with van der Waals surface area (Å²) in [6, 6.07) is 19.5. The van der Waals surface area contributed by atoms with Crippen LogP contribution in [0.1, 0.15) is 0 Å². The third-order valence-corrected chi connectivity index (χ3v) is 3.44. The Morgan fingerprint density at radius 3 is 2.46 bits per heavy atom. The summed E-state index contributed by atoms with van der Waals surface area (Å²) >= 11 is 0. The summed E-state index contributed by atoms with van der Waals surface area (Å²) in [5, 5.41) is 3.17. The Morgan fingerprint density at radius 2 is 1.67 bits per heavy atom. The van der Waals surface area contributed by atoms with Gasteiger partial charge in [0.05, 0.1) is 19.3 Å². The summed E-state index contributed by atoms with van der Waals surface area (Å²) in [5.74, 6) is 2.03. The average Bonchev–Trinajstić information content (AvgIpc) is 2.66. The molecule has 2 aromatic carbocycles. The maximum absolute atomic E-state index is 5.72. The fraction of sp³-hybridized carbons (Fsp3) is 0.158. The molecule has 122 valence electrons. The number of benzene rings is 2. The number of nitrogens with one attached hydrogen (secondary N) is 1. The first-order chi connectivity index (χ1) is 11.9. The van der Waals surface area contributed by atoms with Gasteiger partial charge in [0, 0.05) is 11.8 Å². The minimum absolute atomic E-state index is 0.485. The van der Waals surface area contributed by atoms with Crippen LogP contribution in [0.15, 0.2) is 66.9 Å². The minimum Gasteiger partial charge on any atom is -0.493 e. The smallest absolute Gasteiger partial charge is 0.223 e. The summed E-state index contributed by atoms with van der Waals surface area (Å²) in [6.07, 6.45) is 1.75. The second kappa shape index (κ2) is 7.97. The van der Waals surface area contributed by atoms with Gasteiger partial charge in [0.2, 0.25) is 5.95 Å². The molecule has 1 heterocycles. The summed E-state index contributed by atoms with van der Waals surface area (Å²) < 4.78 is 11.0. The van der Waals surface area contributed by atoms with Crippen LogP contribution in [0.4, 0.5) is 5.95 Å². The highest BCUT2D eigenvalue weighted by Crippen LogP contribution is 2.25. The molecule has 0 amide bonds. The summed E-state index contributed by atoms with van der Waals surface area (Å²) in [7, 11) is 1.63. The van der Waals surface area contributed by atoms with Gasteiger partial charge >= 0.3 is 0 Å². The number of hydrogen-bond donors (Lipinski definition) is 1. The molecule has 1 aromatic heterocycles. The lowest BCUT2D eigenvalue weighted by Gasteiger charge is -2.11. The zero-order valence-electron chi connectivity index (χ0n) is 13.5. The van der Waals surface area contributed by atoms with Gasteiger partial charge in [-0.2, -0.15) is 0 Å². The van der Waals surface area contributed by atoms with Gasteiger partial charge in [0.1, 0.15) is 6.61 Å². The van der Waals surface area contributed by atoms with E-state index in [0.29, 0.717) is 19.1 Å². The summed E-state index contributed by atoms with van der Waals surface area (Å²) in [4.78, 5) is 8.76. The first-order valence-electron chi connectivity index (χ1n) is 7.75. The van der Waals surface area contributed by atoms with E-state index in [0.717, 1.165) is 22.8 Å². The van der Waals surface area contributed by atoms with Crippen LogP contribution in [0.2, 0.25) is 0 Å². The molecule has 0 radical (unpaired) electrons. The van der Waals surface area contributed by atoms with Crippen LogP contribution in [0.3, 0.4) is 0 Å². The van der Waals surface area contributed by atoms with E-state index >= 15 is 0 Å². The van der Waals surface area contributed by atoms with E-state index in [-0.39, 0.29) is 0 Å². The molecule has 3 aromatic rings. The molecule has 0 aliphatic carbocycles. The average molecular weight is 321 g/mol. The molecule has 5 heteroatoms. The predicted molar refractivity (Wildman–Crippen MR) is 94.4 cm³/mol. The van der Waals surface area contributed by atoms with Crippen LogP contribution in [0, 0.1) is 0 Å². The van der Waals surface area contributed by atoms with Gasteiger partial charge in [0.25, 0.3) is 0 Å². The second-order valence-corrected chi connectivity index (χ2v) is 5.06. The molecule has 0 atom stereocenters. The highest BCUT2D eigenvalue weighted by atomic mass is 16.5. The van der Waals surface area contributed by atoms with Gasteiger partial charge < -0.3 is 14.8 Å². The molecular weight excluding hydrogens is 302 g/mol. The maximum Gasteiger partial charge on any atom is 0.223 e. The van der Waals surface area contributed by atoms with Crippen molar-refractivity contribution in [3.8, 4) is 22.8 Å². The quantitative estimate of drug-likeness (QED) is 0.673. The van der Waals surface area contributed by atoms with Crippen LogP contribution in [0.25, 0.3) is 11.3 Å². The van der Waals surface area contributed by atoms with Crippen molar-refractivity contribution in [3.63, 3.8) is 0 Å². The molecule has 0 bridgehead atoms. The number of ether oxygens (including phenoxy) is 2. The van der Waals surface area contributed by atoms with Crippen molar-refractivity contribution < 1.29 is 9.47 Å². The Bertz CT molecular complexity index is 778.